The van der Waals surface area contributed by atoms with Crippen molar-refractivity contribution >= 4 is 65.4 Å². The number of hydrogen-bond acceptors (Lipinski definition) is 14. The van der Waals surface area contributed by atoms with Gasteiger partial charge in [-0.2, -0.15) is 5.10 Å². The van der Waals surface area contributed by atoms with Crippen molar-refractivity contribution in [3.8, 4) is 0 Å². The molecule has 5 aliphatic rings. The molecule has 1 saturated carbocycles. The van der Waals surface area contributed by atoms with Crippen LogP contribution in [0.4, 0.5) is 9.18 Å². The molecular formula is C76H109FN12O8S. The Morgan fingerprint density at radius 2 is 1.37 bits per heavy atom. The molecule has 5 fully saturated rings. The van der Waals surface area contributed by atoms with Crippen LogP contribution >= 0.6 is 12.8 Å². The van der Waals surface area contributed by atoms with E-state index in [4.69, 9.17) is 15.9 Å². The number of carbonyl (C=O) groups excluding carboxylic acids is 6. The van der Waals surface area contributed by atoms with E-state index >= 15 is 0 Å². The molecule has 22 heteroatoms. The van der Waals surface area contributed by atoms with Crippen molar-refractivity contribution in [1.82, 2.24) is 44.9 Å². The predicted octanol–water partition coefficient (Wildman–Crippen LogP) is 11.1. The minimum Gasteiger partial charge on any atom is -0.444 e. The molecule has 10 rings (SSSR count). The zero-order valence-corrected chi connectivity index (χ0v) is 60.4. The minimum atomic E-state index is -0.598. The molecule has 5 heterocycles. The Hall–Kier alpha value is -8.05. The lowest BCUT2D eigenvalue weighted by molar-refractivity contribution is -0.138. The number of H-pyrrole nitrogens is 1. The van der Waals surface area contributed by atoms with Crippen molar-refractivity contribution in [2.45, 2.75) is 151 Å². The molecule has 98 heavy (non-hydrogen) atoms. The van der Waals surface area contributed by atoms with Crippen molar-refractivity contribution in [3.63, 3.8) is 0 Å². The number of likely N-dealkylation sites (tertiary alicyclic amines) is 2. The van der Waals surface area contributed by atoms with Crippen molar-refractivity contribution in [2.24, 2.45) is 22.7 Å². The fourth-order valence-electron chi connectivity index (χ4n) is 13.2. The summed E-state index contributed by atoms with van der Waals surface area (Å²) in [4.78, 5) is 98.9. The Morgan fingerprint density at radius 1 is 0.745 bits per heavy atom. The lowest BCUT2D eigenvalue weighted by Crippen LogP contribution is -2.56. The van der Waals surface area contributed by atoms with Gasteiger partial charge in [-0.3, -0.25) is 43.7 Å². The summed E-state index contributed by atoms with van der Waals surface area (Å²) in [5, 5.41) is 23.0. The van der Waals surface area contributed by atoms with Crippen LogP contribution in [0.5, 0.6) is 0 Å². The molecule has 0 bridgehead atoms. The number of piperidine rings is 2. The van der Waals surface area contributed by atoms with Gasteiger partial charge in [-0.05, 0) is 139 Å². The number of hydrogen-bond donors (Lipinski definition) is 6. The van der Waals surface area contributed by atoms with Crippen molar-refractivity contribution in [3.05, 3.63) is 171 Å². The fourth-order valence-corrected chi connectivity index (χ4v) is 13.2. The Balaban J connectivity index is 0.000000328. The minimum absolute atomic E-state index is 0.0144. The van der Waals surface area contributed by atoms with Crippen LogP contribution in [0.1, 0.15) is 174 Å². The second-order valence-corrected chi connectivity index (χ2v) is 26.0. The van der Waals surface area contributed by atoms with E-state index in [1.54, 1.807) is 64.4 Å². The van der Waals surface area contributed by atoms with Gasteiger partial charge in [0.1, 0.15) is 17.5 Å². The Bertz CT molecular complexity index is 3490. The third-order valence-corrected chi connectivity index (χ3v) is 18.3. The van der Waals surface area contributed by atoms with Crippen LogP contribution in [0.2, 0.25) is 0 Å². The molecule has 2 atom stereocenters. The SMILES string of the molecule is C=C/C(=C\C)CC(=N)c1ccccc1C(N)=O.CC.CC.Cc1cccc(C2CCCN(C(=O)OC(C)(C)C)C2)c1.NS.O=CNC(C(=O)N1CCN(CC2CCN(CC(=O)N3CCN(C(=O)c4cc(Cc5n[nH]c(=O)c6ccccc56)ccc4F)CC3)CC2)CC1)C1CCCCC1. The number of aromatic amines is 1. The molecule has 534 valence electrons. The highest BCUT2D eigenvalue weighted by Gasteiger charge is 2.35. The van der Waals surface area contributed by atoms with Crippen LogP contribution in [0.3, 0.4) is 0 Å². The van der Waals surface area contributed by atoms with E-state index in [0.29, 0.717) is 116 Å². The van der Waals surface area contributed by atoms with Crippen LogP contribution in [0, 0.1) is 30.0 Å². The average Bonchev–Trinajstić information content (AvgIpc) is 0.838. The van der Waals surface area contributed by atoms with Gasteiger partial charge in [-0.15, -0.1) is 12.8 Å². The number of carbonyl (C=O) groups is 6. The summed E-state index contributed by atoms with van der Waals surface area (Å²) in [5.74, 6) is -0.189. The van der Waals surface area contributed by atoms with E-state index in [-0.39, 0.29) is 34.9 Å². The van der Waals surface area contributed by atoms with Crippen molar-refractivity contribution < 1.29 is 37.9 Å². The van der Waals surface area contributed by atoms with E-state index in [1.807, 2.05) is 83.4 Å². The molecule has 1 aromatic heterocycles. The highest BCUT2D eigenvalue weighted by Crippen LogP contribution is 2.30. The molecule has 5 aromatic rings. The Morgan fingerprint density at radius 3 is 1.98 bits per heavy atom. The largest absolute Gasteiger partial charge is 0.444 e. The number of nitrogens with two attached hydrogens (primary N) is 2. The second-order valence-electron chi connectivity index (χ2n) is 26.0. The monoisotopic (exact) mass is 1370 g/mol. The third kappa shape index (κ3) is 24.1. The number of halogens is 1. The van der Waals surface area contributed by atoms with Gasteiger partial charge < -0.3 is 40.8 Å². The number of benzene rings is 4. The summed E-state index contributed by atoms with van der Waals surface area (Å²) in [6, 6.07) is 26.7. The van der Waals surface area contributed by atoms with Gasteiger partial charge in [-0.1, -0.05) is 138 Å². The highest BCUT2D eigenvalue weighted by molar-refractivity contribution is 7.77. The third-order valence-electron chi connectivity index (χ3n) is 18.3. The van der Waals surface area contributed by atoms with E-state index < -0.39 is 29.3 Å². The van der Waals surface area contributed by atoms with Crippen LogP contribution in [0.25, 0.3) is 10.8 Å². The number of aryl methyl sites for hydroxylation is 1. The number of thiol groups is 1. The number of fused-ring (bicyclic) bond motifs is 1. The van der Waals surface area contributed by atoms with E-state index in [1.165, 1.54) is 23.6 Å². The summed E-state index contributed by atoms with van der Waals surface area (Å²) in [5.41, 5.74) is 10.8. The molecule has 4 aliphatic heterocycles. The number of nitrogens with one attached hydrogen (secondary N) is 3. The smallest absolute Gasteiger partial charge is 0.410 e. The zero-order valence-electron chi connectivity index (χ0n) is 59.5. The van der Waals surface area contributed by atoms with Crippen LogP contribution in [0.15, 0.2) is 120 Å². The molecule has 4 aromatic carbocycles. The maximum absolute atomic E-state index is 15.0. The zero-order chi connectivity index (χ0) is 71.9. The van der Waals surface area contributed by atoms with Gasteiger partial charge in [0.15, 0.2) is 0 Å². The quantitative estimate of drug-likeness (QED) is 0.0220. The summed E-state index contributed by atoms with van der Waals surface area (Å²) >= 11 is 3.03. The van der Waals surface area contributed by atoms with Gasteiger partial charge in [-0.25, -0.2) is 14.3 Å². The maximum Gasteiger partial charge on any atom is 0.410 e. The molecule has 0 spiro atoms. The maximum atomic E-state index is 15.0. The number of aromatic nitrogens is 2. The summed E-state index contributed by atoms with van der Waals surface area (Å²) in [7, 11) is 0. The standard InChI is InChI=1S/C41H53FN8O5.C17H25NO2.C14H16N2O.2C2H6.H3NS/c42-35-11-10-30(25-36-32-8-4-5-9-33(32)39(53)45-44-36)24-34(35)40(54)49-22-20-48(21-23-49)37(52)27-46-14-12-29(13-15-46)26-47-16-18-50(19-17-47)41(55)38(43-28-51)31-6-2-1-3-7-31;1-13-7-5-8-14(11-13)15-9-6-10-18(12-15)16(19)20-17(2,3)4;1-3-10(4-2)9-13(15)11-7-5-6-8-12(11)14(16)17;3*1-2/h4-5,8-11,24,28-29,31,38H,1-3,6-7,12-23,25-27H2,(H,43,51)(H,45,53);5,7-8,11,15H,6,9-10,12H2,1-4H3;3-8,15H,1,9H2,2H3,(H2,16,17);2*1-2H3;2H,1H2/b;;10-4+,15-13?;;;. The molecule has 0 radical (unpaired) electrons. The molecule has 20 nitrogen and oxygen atoms in total. The first-order chi connectivity index (χ1) is 47.2. The van der Waals surface area contributed by atoms with Crippen LogP contribution in [-0.2, 0) is 25.5 Å². The predicted molar refractivity (Wildman–Crippen MR) is 393 cm³/mol. The molecule has 4 saturated heterocycles. The van der Waals surface area contributed by atoms with Crippen LogP contribution < -0.4 is 21.7 Å². The van der Waals surface area contributed by atoms with Gasteiger partial charge >= 0.3 is 6.09 Å². The number of primary amides is 1. The van der Waals surface area contributed by atoms with Crippen molar-refractivity contribution in [2.75, 3.05) is 91.6 Å². The number of allylic oxidation sites excluding steroid dienone is 3. The highest BCUT2D eigenvalue weighted by atomic mass is 32.1. The lowest BCUT2D eigenvalue weighted by Gasteiger charge is -2.41. The average molecular weight is 1370 g/mol. The summed E-state index contributed by atoms with van der Waals surface area (Å²) < 4.78 is 20.5. The fraction of sp³-hybridized carbons (Fsp3) is 0.513. The summed E-state index contributed by atoms with van der Waals surface area (Å²) in [6.07, 6.45) is 14.5. The first kappa shape index (κ1) is 80.6. The van der Waals surface area contributed by atoms with Gasteiger partial charge in [0.25, 0.3) is 11.5 Å². The van der Waals surface area contributed by atoms with Gasteiger partial charge in [0.2, 0.25) is 24.1 Å². The molecule has 2 unspecified atom stereocenters. The number of ether oxygens (including phenoxy) is 1. The van der Waals surface area contributed by atoms with Gasteiger partial charge in [0, 0.05) is 113 Å². The van der Waals surface area contributed by atoms with E-state index in [2.05, 4.69) is 81.0 Å². The number of amides is 6. The molecule has 6 amide bonds. The van der Waals surface area contributed by atoms with Crippen molar-refractivity contribution in [1.29, 1.82) is 5.41 Å². The Labute approximate surface area is 586 Å². The lowest BCUT2D eigenvalue weighted by atomic mass is 9.83. The number of nitrogens with zero attached hydrogens (tertiary/aromatic N) is 7. The second kappa shape index (κ2) is 41.4. The molecule has 1 aliphatic carbocycles. The molecular weight excluding hydrogens is 1260 g/mol. The van der Waals surface area contributed by atoms with E-state index in [9.17, 15) is 38.0 Å². The number of piperazine rings is 2. The van der Waals surface area contributed by atoms with Gasteiger partial charge in [0.05, 0.1) is 23.2 Å². The summed E-state index contributed by atoms with van der Waals surface area (Å²) in [6.45, 7) is 30.5. The first-order valence-electron chi connectivity index (χ1n) is 35.0. The first-order valence-corrected chi connectivity index (χ1v) is 35.5. The normalized spacial score (nSPS) is 17.4. The van der Waals surface area contributed by atoms with E-state index in [0.717, 1.165) is 103 Å². The topological polar surface area (TPSA) is 265 Å². The number of rotatable bonds is 17. The van der Waals surface area contributed by atoms with Crippen LogP contribution in [-0.4, -0.2) is 185 Å². The Kier molecular flexibility index (Phi) is 34.0. The molecule has 7 N–H and O–H groups in total.